The number of fused-ring (bicyclic) bond motifs is 3. The molecule has 3 atom stereocenters. The quantitative estimate of drug-likeness (QED) is 0.536. The molecule has 2 saturated heterocycles. The Hall–Kier alpha value is -3.35. The predicted molar refractivity (Wildman–Crippen MR) is 116 cm³/mol. The smallest absolute Gasteiger partial charge is 0.406 e. The SMILES string of the molecule is CN(c1ccc(-c2cc3ncn(CC(F)(F)F)c(=O)c3cc2O)nn1)[C@@H]1C[C@@H]2CC(F)(F)[C@@H](C1)N2. The maximum Gasteiger partial charge on any atom is 0.406 e. The van der Waals surface area contributed by atoms with Crippen LogP contribution in [0.15, 0.2) is 35.4 Å². The van der Waals surface area contributed by atoms with Crippen LogP contribution in [-0.2, 0) is 6.54 Å². The number of hydrogen-bond acceptors (Lipinski definition) is 7. The zero-order valence-corrected chi connectivity index (χ0v) is 18.4. The summed E-state index contributed by atoms with van der Waals surface area (Å²) in [5.41, 5.74) is -0.395. The number of phenolic OH excluding ortho intramolecular Hbond substituents is 1. The Labute approximate surface area is 195 Å². The van der Waals surface area contributed by atoms with Gasteiger partial charge >= 0.3 is 6.18 Å². The summed E-state index contributed by atoms with van der Waals surface area (Å²) in [5.74, 6) is -2.63. The van der Waals surface area contributed by atoms with E-state index in [-0.39, 0.29) is 52.8 Å². The van der Waals surface area contributed by atoms with E-state index in [2.05, 4.69) is 20.5 Å². The first kappa shape index (κ1) is 23.4. The summed E-state index contributed by atoms with van der Waals surface area (Å²) in [6.45, 7) is -1.49. The number of rotatable bonds is 4. The second-order valence-corrected chi connectivity index (χ2v) is 9.07. The second kappa shape index (κ2) is 8.11. The lowest BCUT2D eigenvalue weighted by atomic mass is 9.98. The van der Waals surface area contributed by atoms with Crippen molar-refractivity contribution >= 4 is 16.7 Å². The molecule has 2 fully saturated rings. The van der Waals surface area contributed by atoms with Crippen LogP contribution in [0, 0.1) is 0 Å². The van der Waals surface area contributed by atoms with Gasteiger partial charge < -0.3 is 15.3 Å². The Kier molecular flexibility index (Phi) is 5.42. The maximum absolute atomic E-state index is 14.0. The van der Waals surface area contributed by atoms with Crippen LogP contribution in [0.2, 0.25) is 0 Å². The zero-order chi connectivity index (χ0) is 25.1. The summed E-state index contributed by atoms with van der Waals surface area (Å²) in [6, 6.07) is 4.35. The molecule has 2 aromatic heterocycles. The van der Waals surface area contributed by atoms with E-state index in [1.807, 2.05) is 4.90 Å². The lowest BCUT2D eigenvalue weighted by molar-refractivity contribution is -0.141. The van der Waals surface area contributed by atoms with Crippen molar-refractivity contribution in [1.82, 2.24) is 25.1 Å². The monoisotopic (exact) mass is 496 g/mol. The Morgan fingerprint density at radius 3 is 2.66 bits per heavy atom. The van der Waals surface area contributed by atoms with Crippen molar-refractivity contribution in [1.29, 1.82) is 0 Å². The average molecular weight is 496 g/mol. The molecule has 2 aliphatic heterocycles. The molecule has 4 heterocycles. The maximum atomic E-state index is 14.0. The molecular weight excluding hydrogens is 475 g/mol. The summed E-state index contributed by atoms with van der Waals surface area (Å²) in [5, 5.41) is 21.5. The number of piperidine rings is 1. The number of hydrogen-bond donors (Lipinski definition) is 2. The first-order valence-corrected chi connectivity index (χ1v) is 10.9. The highest BCUT2D eigenvalue weighted by Crippen LogP contribution is 2.41. The molecule has 186 valence electrons. The molecule has 2 bridgehead atoms. The van der Waals surface area contributed by atoms with E-state index < -0.39 is 30.2 Å². The fraction of sp³-hybridized carbons (Fsp3) is 0.455. The number of halogens is 5. The van der Waals surface area contributed by atoms with Gasteiger partial charge in [-0.1, -0.05) is 0 Å². The predicted octanol–water partition coefficient (Wildman–Crippen LogP) is 3.09. The summed E-state index contributed by atoms with van der Waals surface area (Å²) in [7, 11) is 1.76. The van der Waals surface area contributed by atoms with E-state index in [9.17, 15) is 31.9 Å². The molecular formula is C22H21F5N6O2. The zero-order valence-electron chi connectivity index (χ0n) is 18.4. The first-order valence-electron chi connectivity index (χ1n) is 10.9. The summed E-state index contributed by atoms with van der Waals surface area (Å²) >= 11 is 0. The molecule has 35 heavy (non-hydrogen) atoms. The molecule has 2 aliphatic rings. The van der Waals surface area contributed by atoms with Gasteiger partial charge in [-0.15, -0.1) is 10.2 Å². The van der Waals surface area contributed by atoms with Gasteiger partial charge in [-0.3, -0.25) is 9.36 Å². The highest BCUT2D eigenvalue weighted by Gasteiger charge is 2.53. The number of alkyl halides is 5. The third-order valence-corrected chi connectivity index (χ3v) is 6.66. The third-order valence-electron chi connectivity index (χ3n) is 6.66. The number of nitrogens with one attached hydrogen (secondary N) is 1. The van der Waals surface area contributed by atoms with Gasteiger partial charge in [0.15, 0.2) is 5.82 Å². The van der Waals surface area contributed by atoms with Crippen molar-refractivity contribution < 1.29 is 27.1 Å². The number of phenols is 1. The van der Waals surface area contributed by atoms with Crippen LogP contribution in [0.4, 0.5) is 27.8 Å². The van der Waals surface area contributed by atoms with Crippen molar-refractivity contribution in [2.45, 2.75) is 56.0 Å². The second-order valence-electron chi connectivity index (χ2n) is 9.07. The standard InChI is InChI=1S/C22H21F5N6O2/c1-32(12-4-11-8-21(23,24)18(5-12)29-11)19-3-2-15(30-31-19)13-6-16-14(7-17(13)34)20(35)33(10-28-16)9-22(25,26)27/h2-3,6-7,10-12,18,29,34H,4-5,8-9H2,1H3/t11-,12-,18-/m1/s1. The van der Waals surface area contributed by atoms with Crippen LogP contribution in [0.5, 0.6) is 5.75 Å². The Morgan fingerprint density at radius 1 is 1.23 bits per heavy atom. The minimum atomic E-state index is -4.60. The van der Waals surface area contributed by atoms with Gasteiger partial charge in [0, 0.05) is 31.1 Å². The van der Waals surface area contributed by atoms with Crippen molar-refractivity contribution in [2.24, 2.45) is 0 Å². The summed E-state index contributed by atoms with van der Waals surface area (Å²) in [4.78, 5) is 18.1. The van der Waals surface area contributed by atoms with E-state index >= 15 is 0 Å². The van der Waals surface area contributed by atoms with E-state index in [0.29, 0.717) is 16.8 Å². The van der Waals surface area contributed by atoms with Gasteiger partial charge in [-0.2, -0.15) is 13.2 Å². The van der Waals surface area contributed by atoms with Crippen LogP contribution in [-0.4, -0.2) is 62.1 Å². The molecule has 1 aromatic carbocycles. The van der Waals surface area contributed by atoms with Gasteiger partial charge in [0.25, 0.3) is 11.5 Å². The Balaban J connectivity index is 1.39. The number of nitrogens with zero attached hydrogens (tertiary/aromatic N) is 5. The molecule has 8 nitrogen and oxygen atoms in total. The van der Waals surface area contributed by atoms with Crippen LogP contribution >= 0.6 is 0 Å². The first-order chi connectivity index (χ1) is 16.4. The minimum absolute atomic E-state index is 0.0929. The lowest BCUT2D eigenvalue weighted by Crippen LogP contribution is -2.49. The summed E-state index contributed by atoms with van der Waals surface area (Å²) < 4.78 is 66.5. The molecule has 0 radical (unpaired) electrons. The van der Waals surface area contributed by atoms with Gasteiger partial charge in [-0.25, -0.2) is 13.8 Å². The fourth-order valence-corrected chi connectivity index (χ4v) is 4.89. The minimum Gasteiger partial charge on any atom is -0.507 e. The molecule has 13 heteroatoms. The molecule has 0 aliphatic carbocycles. The topological polar surface area (TPSA) is 96.2 Å². The molecule has 0 saturated carbocycles. The van der Waals surface area contributed by atoms with Crippen LogP contribution in [0.1, 0.15) is 19.3 Å². The lowest BCUT2D eigenvalue weighted by Gasteiger charge is -2.36. The number of anilines is 1. The highest BCUT2D eigenvalue weighted by molar-refractivity contribution is 5.86. The van der Waals surface area contributed by atoms with E-state index in [1.54, 1.807) is 19.2 Å². The number of aromatic hydroxyl groups is 1. The third kappa shape index (κ3) is 4.40. The normalized spacial score (nSPS) is 23.5. The van der Waals surface area contributed by atoms with Crippen LogP contribution in [0.3, 0.4) is 0 Å². The van der Waals surface area contributed by atoms with Gasteiger partial charge in [0.1, 0.15) is 12.3 Å². The number of benzene rings is 1. The Bertz CT molecular complexity index is 1330. The number of aromatic nitrogens is 4. The van der Waals surface area contributed by atoms with E-state index in [1.165, 1.54) is 6.07 Å². The van der Waals surface area contributed by atoms with E-state index in [0.717, 1.165) is 12.4 Å². The fourth-order valence-electron chi connectivity index (χ4n) is 4.89. The van der Waals surface area contributed by atoms with Crippen LogP contribution < -0.4 is 15.8 Å². The van der Waals surface area contributed by atoms with Gasteiger partial charge in [0.2, 0.25) is 0 Å². The summed E-state index contributed by atoms with van der Waals surface area (Å²) in [6.07, 6.45) is -3.15. The highest BCUT2D eigenvalue weighted by atomic mass is 19.4. The molecule has 3 aromatic rings. The molecule has 2 N–H and O–H groups in total. The molecule has 0 amide bonds. The van der Waals surface area contributed by atoms with Crippen molar-refractivity contribution in [3.8, 4) is 17.0 Å². The van der Waals surface area contributed by atoms with Gasteiger partial charge in [0.05, 0.1) is 29.0 Å². The van der Waals surface area contributed by atoms with Crippen molar-refractivity contribution in [2.75, 3.05) is 11.9 Å². The molecule has 0 unspecified atom stereocenters. The molecule has 0 spiro atoms. The Morgan fingerprint density at radius 2 is 2.00 bits per heavy atom. The largest absolute Gasteiger partial charge is 0.507 e. The van der Waals surface area contributed by atoms with Crippen LogP contribution in [0.25, 0.3) is 22.2 Å². The van der Waals surface area contributed by atoms with Gasteiger partial charge in [-0.05, 0) is 37.1 Å². The van der Waals surface area contributed by atoms with E-state index in [4.69, 9.17) is 0 Å². The molecule has 5 rings (SSSR count). The average Bonchev–Trinajstić information content (AvgIpc) is 3.00. The van der Waals surface area contributed by atoms with Crippen molar-refractivity contribution in [3.05, 3.63) is 40.9 Å². The van der Waals surface area contributed by atoms with Crippen molar-refractivity contribution in [3.63, 3.8) is 0 Å².